The Morgan fingerprint density at radius 3 is 2.93 bits per heavy atom. The molecule has 0 saturated heterocycles. The van der Waals surface area contributed by atoms with Crippen molar-refractivity contribution in [1.82, 2.24) is 0 Å². The van der Waals surface area contributed by atoms with E-state index in [0.29, 0.717) is 11.3 Å². The third-order valence-electron chi connectivity index (χ3n) is 4.37. The molecule has 84 valence electrons. The number of hydrogen-bond donors (Lipinski definition) is 0. The molecule has 2 aliphatic carbocycles. The van der Waals surface area contributed by atoms with E-state index in [4.69, 9.17) is 4.74 Å². The number of methoxy groups -OCH3 is 1. The number of carbonyl (C=O) groups is 1. The van der Waals surface area contributed by atoms with Gasteiger partial charge in [0.15, 0.2) is 0 Å². The molecular weight excluding hydrogens is 188 g/mol. The van der Waals surface area contributed by atoms with Crippen molar-refractivity contribution >= 4 is 5.97 Å². The minimum absolute atomic E-state index is 0.0354. The van der Waals surface area contributed by atoms with Crippen LogP contribution in [0.2, 0.25) is 0 Å². The Hall–Kier alpha value is -0.790. The Kier molecular flexibility index (Phi) is 2.61. The third kappa shape index (κ3) is 1.60. The molecule has 0 bridgehead atoms. The highest BCUT2D eigenvalue weighted by atomic mass is 16.5. The zero-order valence-corrected chi connectivity index (χ0v) is 9.71. The Bertz CT molecular complexity index is 295. The number of allylic oxidation sites excluding steroid dienone is 1. The molecule has 2 rings (SSSR count). The van der Waals surface area contributed by atoms with Gasteiger partial charge < -0.3 is 4.74 Å². The zero-order chi connectivity index (χ0) is 11.1. The second-order valence-corrected chi connectivity index (χ2v) is 5.31. The molecule has 0 aromatic carbocycles. The van der Waals surface area contributed by atoms with Crippen LogP contribution in [0.25, 0.3) is 0 Å². The van der Waals surface area contributed by atoms with Gasteiger partial charge in [-0.3, -0.25) is 4.79 Å². The van der Waals surface area contributed by atoms with Crippen LogP contribution in [0, 0.1) is 17.3 Å². The maximum absolute atomic E-state index is 11.7. The first kappa shape index (κ1) is 10.7. The molecule has 0 N–H and O–H groups in total. The fraction of sp³-hybridized carbons (Fsp3) is 0.769. The highest BCUT2D eigenvalue weighted by molar-refractivity contribution is 5.74. The van der Waals surface area contributed by atoms with Gasteiger partial charge in [0.05, 0.1) is 13.0 Å². The molecule has 0 amide bonds. The minimum Gasteiger partial charge on any atom is -0.469 e. The number of ether oxygens (including phenoxy) is 1. The molecule has 0 heterocycles. The first-order chi connectivity index (χ1) is 7.08. The summed E-state index contributed by atoms with van der Waals surface area (Å²) in [4.78, 5) is 11.7. The SMILES string of the molecule is C=C1CCC[C@@]2(C)CC[C@@H](C(=O)OC)[C@H]12. The average molecular weight is 208 g/mol. The largest absolute Gasteiger partial charge is 0.469 e. The van der Waals surface area contributed by atoms with Crippen LogP contribution < -0.4 is 0 Å². The maximum Gasteiger partial charge on any atom is 0.309 e. The molecular formula is C13H20O2. The number of hydrogen-bond acceptors (Lipinski definition) is 2. The van der Waals surface area contributed by atoms with E-state index in [1.165, 1.54) is 25.5 Å². The summed E-state index contributed by atoms with van der Waals surface area (Å²) in [5.74, 6) is 0.415. The lowest BCUT2D eigenvalue weighted by Crippen LogP contribution is -2.33. The summed E-state index contributed by atoms with van der Waals surface area (Å²) in [6.07, 6.45) is 5.70. The molecule has 3 atom stereocenters. The van der Waals surface area contributed by atoms with Crippen LogP contribution in [0.3, 0.4) is 0 Å². The second kappa shape index (κ2) is 3.66. The van der Waals surface area contributed by atoms with Crippen molar-refractivity contribution in [2.75, 3.05) is 7.11 Å². The number of carbonyl (C=O) groups excluding carboxylic acids is 1. The van der Waals surface area contributed by atoms with Crippen molar-refractivity contribution in [2.45, 2.75) is 39.0 Å². The van der Waals surface area contributed by atoms with Crippen LogP contribution in [0.4, 0.5) is 0 Å². The van der Waals surface area contributed by atoms with Crippen LogP contribution in [0.5, 0.6) is 0 Å². The molecule has 2 fully saturated rings. The van der Waals surface area contributed by atoms with E-state index in [9.17, 15) is 4.79 Å². The Balaban J connectivity index is 2.24. The van der Waals surface area contributed by atoms with Gasteiger partial charge in [0.2, 0.25) is 0 Å². The van der Waals surface area contributed by atoms with Crippen molar-refractivity contribution in [1.29, 1.82) is 0 Å². The van der Waals surface area contributed by atoms with Crippen LogP contribution >= 0.6 is 0 Å². The van der Waals surface area contributed by atoms with Gasteiger partial charge in [-0.05, 0) is 43.4 Å². The summed E-state index contributed by atoms with van der Waals surface area (Å²) in [7, 11) is 1.49. The Labute approximate surface area is 91.7 Å². The van der Waals surface area contributed by atoms with Gasteiger partial charge in [-0.25, -0.2) is 0 Å². The molecule has 0 unspecified atom stereocenters. The third-order valence-corrected chi connectivity index (χ3v) is 4.37. The summed E-state index contributed by atoms with van der Waals surface area (Å²) in [6.45, 7) is 6.47. The lowest BCUT2D eigenvalue weighted by Gasteiger charge is -2.39. The predicted molar refractivity (Wildman–Crippen MR) is 59.3 cm³/mol. The molecule has 15 heavy (non-hydrogen) atoms. The van der Waals surface area contributed by atoms with Crippen molar-refractivity contribution in [3.8, 4) is 0 Å². The molecule has 0 aliphatic heterocycles. The van der Waals surface area contributed by atoms with Gasteiger partial charge in [0.25, 0.3) is 0 Å². The number of rotatable bonds is 1. The zero-order valence-electron chi connectivity index (χ0n) is 9.71. The van der Waals surface area contributed by atoms with Crippen molar-refractivity contribution < 1.29 is 9.53 Å². The predicted octanol–water partition coefficient (Wildman–Crippen LogP) is 2.93. The van der Waals surface area contributed by atoms with E-state index in [0.717, 1.165) is 19.3 Å². The van der Waals surface area contributed by atoms with E-state index in [2.05, 4.69) is 13.5 Å². The number of fused-ring (bicyclic) bond motifs is 1. The smallest absolute Gasteiger partial charge is 0.309 e. The van der Waals surface area contributed by atoms with Crippen molar-refractivity contribution in [3.05, 3.63) is 12.2 Å². The molecule has 0 spiro atoms. The quantitative estimate of drug-likeness (QED) is 0.489. The summed E-state index contributed by atoms with van der Waals surface area (Å²) < 4.78 is 4.90. The fourth-order valence-corrected chi connectivity index (χ4v) is 3.63. The maximum atomic E-state index is 11.7. The Morgan fingerprint density at radius 2 is 2.27 bits per heavy atom. The monoisotopic (exact) mass is 208 g/mol. The van der Waals surface area contributed by atoms with Gasteiger partial charge in [0, 0.05) is 0 Å². The van der Waals surface area contributed by atoms with Crippen LogP contribution in [0.15, 0.2) is 12.2 Å². The van der Waals surface area contributed by atoms with E-state index in [1.54, 1.807) is 0 Å². The summed E-state index contributed by atoms with van der Waals surface area (Å²) in [6, 6.07) is 0. The molecule has 2 heteroatoms. The molecule has 0 radical (unpaired) electrons. The van der Waals surface area contributed by atoms with E-state index in [1.807, 2.05) is 0 Å². The van der Waals surface area contributed by atoms with Crippen molar-refractivity contribution in [3.63, 3.8) is 0 Å². The first-order valence-corrected chi connectivity index (χ1v) is 5.84. The van der Waals surface area contributed by atoms with Gasteiger partial charge in [0.1, 0.15) is 0 Å². The topological polar surface area (TPSA) is 26.3 Å². The van der Waals surface area contributed by atoms with Gasteiger partial charge in [-0.1, -0.05) is 19.1 Å². The fourth-order valence-electron chi connectivity index (χ4n) is 3.63. The first-order valence-electron chi connectivity index (χ1n) is 5.84. The highest BCUT2D eigenvalue weighted by Crippen LogP contribution is 2.56. The molecule has 0 aromatic heterocycles. The second-order valence-electron chi connectivity index (χ2n) is 5.31. The highest BCUT2D eigenvalue weighted by Gasteiger charge is 2.50. The summed E-state index contributed by atoms with van der Waals surface area (Å²) in [5.41, 5.74) is 1.59. The van der Waals surface area contributed by atoms with E-state index >= 15 is 0 Å². The molecule has 0 aromatic rings. The normalized spacial score (nSPS) is 40.0. The lowest BCUT2D eigenvalue weighted by molar-refractivity contribution is -0.147. The standard InChI is InChI=1S/C13H20O2/c1-9-5-4-7-13(2)8-6-10(11(9)13)12(14)15-3/h10-11H,1,4-8H2,2-3H3/t10-,11+,13+/m1/s1. The molecule has 2 nitrogen and oxygen atoms in total. The van der Waals surface area contributed by atoms with Crippen LogP contribution in [-0.2, 0) is 9.53 Å². The van der Waals surface area contributed by atoms with Gasteiger partial charge >= 0.3 is 5.97 Å². The van der Waals surface area contributed by atoms with Gasteiger partial charge in [-0.2, -0.15) is 0 Å². The van der Waals surface area contributed by atoms with Gasteiger partial charge in [-0.15, -0.1) is 0 Å². The van der Waals surface area contributed by atoms with Crippen LogP contribution in [-0.4, -0.2) is 13.1 Å². The lowest BCUT2D eigenvalue weighted by atomic mass is 9.65. The van der Waals surface area contributed by atoms with E-state index < -0.39 is 0 Å². The van der Waals surface area contributed by atoms with E-state index in [-0.39, 0.29) is 11.9 Å². The molecule has 2 saturated carbocycles. The Morgan fingerprint density at radius 1 is 1.53 bits per heavy atom. The minimum atomic E-state index is -0.0354. The molecule has 2 aliphatic rings. The van der Waals surface area contributed by atoms with Crippen molar-refractivity contribution in [2.24, 2.45) is 17.3 Å². The summed E-state index contributed by atoms with van der Waals surface area (Å²) >= 11 is 0. The summed E-state index contributed by atoms with van der Waals surface area (Å²) in [5, 5.41) is 0. The van der Waals surface area contributed by atoms with Crippen LogP contribution in [0.1, 0.15) is 39.0 Å². The number of esters is 1. The average Bonchev–Trinajstić information content (AvgIpc) is 2.56.